The first kappa shape index (κ1) is 21.4. The fourth-order valence-corrected chi connectivity index (χ4v) is 3.88. The summed E-state index contributed by atoms with van der Waals surface area (Å²) in [6.45, 7) is 4.77. The summed E-state index contributed by atoms with van der Waals surface area (Å²) in [5.41, 5.74) is 4.65. The van der Waals surface area contributed by atoms with Crippen LogP contribution in [0.5, 0.6) is 0 Å². The van der Waals surface area contributed by atoms with Crippen LogP contribution >= 0.6 is 0 Å². The van der Waals surface area contributed by atoms with Crippen molar-refractivity contribution < 1.29 is 4.92 Å². The Hall–Kier alpha value is -3.84. The fraction of sp³-hybridized carbons (Fsp3) is 0.200. The highest BCUT2D eigenvalue weighted by atomic mass is 16.6. The van der Waals surface area contributed by atoms with Crippen molar-refractivity contribution in [2.45, 2.75) is 27.1 Å². The van der Waals surface area contributed by atoms with Gasteiger partial charge in [0.2, 0.25) is 0 Å². The molecule has 0 N–H and O–H groups in total. The number of aromatic nitrogens is 2. The number of hydrogen-bond acceptors (Lipinski definition) is 5. The van der Waals surface area contributed by atoms with E-state index in [1.807, 2.05) is 56.1 Å². The molecule has 162 valence electrons. The number of hydrogen-bond donors (Lipinski definition) is 0. The Labute approximate surface area is 185 Å². The molecule has 7 nitrogen and oxygen atoms in total. The number of aryl methyl sites for hydroxylation is 2. The molecular formula is C25H24N4O3. The van der Waals surface area contributed by atoms with Gasteiger partial charge in [0.1, 0.15) is 0 Å². The van der Waals surface area contributed by atoms with Crippen molar-refractivity contribution in [2.75, 3.05) is 7.05 Å². The summed E-state index contributed by atoms with van der Waals surface area (Å²) in [4.78, 5) is 25.7. The highest BCUT2D eigenvalue weighted by Gasteiger charge is 2.15. The standard InChI is InChI=1S/C25H24N4O3/c1-17-11-12-18(2)23(13-17)24-21-9-4-5-10-22(21)25(30)28(26-24)16-27(3)15-19-7-6-8-20(14-19)29(31)32/h4-14H,15-16H2,1-3H3. The van der Waals surface area contributed by atoms with E-state index in [1.54, 1.807) is 12.1 Å². The quantitative estimate of drug-likeness (QED) is 0.329. The Kier molecular flexibility index (Phi) is 5.83. The third-order valence-electron chi connectivity index (χ3n) is 5.47. The Morgan fingerprint density at radius 3 is 2.50 bits per heavy atom. The number of non-ortho nitro benzene ring substituents is 1. The second-order valence-corrected chi connectivity index (χ2v) is 8.10. The summed E-state index contributed by atoms with van der Waals surface area (Å²) in [5.74, 6) is 0. The third kappa shape index (κ3) is 4.29. The first-order valence-corrected chi connectivity index (χ1v) is 10.3. The number of rotatable bonds is 6. The first-order chi connectivity index (χ1) is 15.3. The molecule has 0 bridgehead atoms. The van der Waals surface area contributed by atoms with E-state index in [0.29, 0.717) is 11.9 Å². The molecule has 0 radical (unpaired) electrons. The minimum absolute atomic E-state index is 0.0501. The van der Waals surface area contributed by atoms with Gasteiger partial charge in [0.15, 0.2) is 0 Å². The summed E-state index contributed by atoms with van der Waals surface area (Å²) >= 11 is 0. The van der Waals surface area contributed by atoms with Gasteiger partial charge in [-0.3, -0.25) is 19.8 Å². The number of benzene rings is 3. The summed E-state index contributed by atoms with van der Waals surface area (Å²) < 4.78 is 1.47. The van der Waals surface area contributed by atoms with Crippen molar-refractivity contribution >= 4 is 16.5 Å². The molecule has 0 aliphatic rings. The van der Waals surface area contributed by atoms with Crippen LogP contribution in [0.4, 0.5) is 5.69 Å². The predicted molar refractivity (Wildman–Crippen MR) is 125 cm³/mol. The molecular weight excluding hydrogens is 404 g/mol. The zero-order valence-corrected chi connectivity index (χ0v) is 18.3. The lowest BCUT2D eigenvalue weighted by molar-refractivity contribution is -0.384. The van der Waals surface area contributed by atoms with Gasteiger partial charge >= 0.3 is 0 Å². The second kappa shape index (κ2) is 8.72. The Balaban J connectivity index is 1.74. The molecule has 0 saturated heterocycles. The van der Waals surface area contributed by atoms with E-state index in [4.69, 9.17) is 5.10 Å². The lowest BCUT2D eigenvalue weighted by atomic mass is 9.99. The molecule has 0 aliphatic carbocycles. The second-order valence-electron chi connectivity index (χ2n) is 8.10. The van der Waals surface area contributed by atoms with Gasteiger partial charge < -0.3 is 0 Å². The highest BCUT2D eigenvalue weighted by Crippen LogP contribution is 2.28. The summed E-state index contributed by atoms with van der Waals surface area (Å²) in [7, 11) is 1.86. The van der Waals surface area contributed by atoms with Crippen LogP contribution in [-0.2, 0) is 13.2 Å². The minimum Gasteiger partial charge on any atom is -0.283 e. The van der Waals surface area contributed by atoms with Crippen molar-refractivity contribution in [2.24, 2.45) is 0 Å². The Morgan fingerprint density at radius 1 is 1.00 bits per heavy atom. The maximum absolute atomic E-state index is 13.2. The molecule has 0 aliphatic heterocycles. The van der Waals surface area contributed by atoms with Gasteiger partial charge in [-0.15, -0.1) is 0 Å². The van der Waals surface area contributed by atoms with Crippen LogP contribution in [0.1, 0.15) is 16.7 Å². The summed E-state index contributed by atoms with van der Waals surface area (Å²) in [6, 6.07) is 20.3. The van der Waals surface area contributed by atoms with Gasteiger partial charge in [-0.05, 0) is 44.2 Å². The smallest absolute Gasteiger partial charge is 0.275 e. The molecule has 1 aromatic heterocycles. The van der Waals surface area contributed by atoms with Crippen LogP contribution in [0.3, 0.4) is 0 Å². The van der Waals surface area contributed by atoms with Crippen LogP contribution in [0, 0.1) is 24.0 Å². The van der Waals surface area contributed by atoms with Crippen molar-refractivity contribution in [3.63, 3.8) is 0 Å². The van der Waals surface area contributed by atoms with Crippen molar-refractivity contribution in [1.82, 2.24) is 14.7 Å². The number of nitro groups is 1. The Bertz CT molecular complexity index is 1380. The summed E-state index contributed by atoms with van der Waals surface area (Å²) in [5, 5.41) is 17.2. The third-order valence-corrected chi connectivity index (χ3v) is 5.47. The fourth-order valence-electron chi connectivity index (χ4n) is 3.88. The molecule has 32 heavy (non-hydrogen) atoms. The predicted octanol–water partition coefficient (Wildman–Crippen LogP) is 4.68. The molecule has 0 spiro atoms. The van der Waals surface area contributed by atoms with Crippen molar-refractivity contribution in [3.05, 3.63) is 104 Å². The molecule has 4 aromatic rings. The molecule has 1 heterocycles. The van der Waals surface area contributed by atoms with E-state index in [2.05, 4.69) is 18.2 Å². The van der Waals surface area contributed by atoms with E-state index in [1.165, 1.54) is 10.7 Å². The largest absolute Gasteiger partial charge is 0.283 e. The average molecular weight is 428 g/mol. The van der Waals surface area contributed by atoms with Gasteiger partial charge in [-0.1, -0.05) is 48.0 Å². The van der Waals surface area contributed by atoms with E-state index in [-0.39, 0.29) is 17.9 Å². The topological polar surface area (TPSA) is 81.3 Å². The van der Waals surface area contributed by atoms with Gasteiger partial charge in [0.05, 0.1) is 22.7 Å². The monoisotopic (exact) mass is 428 g/mol. The molecule has 0 atom stereocenters. The molecule has 4 rings (SSSR count). The zero-order valence-electron chi connectivity index (χ0n) is 18.3. The van der Waals surface area contributed by atoms with Crippen LogP contribution in [0.15, 0.2) is 71.5 Å². The van der Waals surface area contributed by atoms with E-state index < -0.39 is 4.92 Å². The van der Waals surface area contributed by atoms with E-state index in [0.717, 1.165) is 33.3 Å². The average Bonchev–Trinajstić information content (AvgIpc) is 2.77. The molecule has 7 heteroatoms. The molecule has 0 amide bonds. The van der Waals surface area contributed by atoms with Crippen LogP contribution in [0.25, 0.3) is 22.0 Å². The SMILES string of the molecule is Cc1ccc(C)c(-c2nn(CN(C)Cc3cccc([N+](=O)[O-])c3)c(=O)c3ccccc23)c1. The number of fused-ring (bicyclic) bond motifs is 1. The Morgan fingerprint density at radius 2 is 1.75 bits per heavy atom. The van der Waals surface area contributed by atoms with Crippen LogP contribution in [0.2, 0.25) is 0 Å². The van der Waals surface area contributed by atoms with E-state index in [9.17, 15) is 14.9 Å². The maximum atomic E-state index is 13.2. The van der Waals surface area contributed by atoms with Crippen LogP contribution < -0.4 is 5.56 Å². The molecule has 0 fully saturated rings. The normalized spacial score (nSPS) is 11.2. The molecule has 3 aromatic carbocycles. The number of nitro benzene ring substituents is 1. The number of nitrogens with zero attached hydrogens (tertiary/aromatic N) is 4. The van der Waals surface area contributed by atoms with Crippen molar-refractivity contribution in [1.29, 1.82) is 0 Å². The molecule has 0 unspecified atom stereocenters. The zero-order chi connectivity index (χ0) is 22.8. The van der Waals surface area contributed by atoms with E-state index >= 15 is 0 Å². The first-order valence-electron chi connectivity index (χ1n) is 10.3. The lowest BCUT2D eigenvalue weighted by Crippen LogP contribution is -2.32. The van der Waals surface area contributed by atoms with Gasteiger partial charge in [0, 0.05) is 29.6 Å². The molecule has 0 saturated carbocycles. The lowest BCUT2D eigenvalue weighted by Gasteiger charge is -2.19. The van der Waals surface area contributed by atoms with Gasteiger partial charge in [-0.25, -0.2) is 4.68 Å². The highest BCUT2D eigenvalue weighted by molar-refractivity contribution is 5.94. The van der Waals surface area contributed by atoms with Gasteiger partial charge in [-0.2, -0.15) is 5.10 Å². The van der Waals surface area contributed by atoms with Gasteiger partial charge in [0.25, 0.3) is 11.2 Å². The minimum atomic E-state index is -0.407. The van der Waals surface area contributed by atoms with Crippen molar-refractivity contribution in [3.8, 4) is 11.3 Å². The maximum Gasteiger partial charge on any atom is 0.275 e. The van der Waals surface area contributed by atoms with Crippen LogP contribution in [-0.4, -0.2) is 26.7 Å². The summed E-state index contributed by atoms with van der Waals surface area (Å²) in [6.07, 6.45) is 0.